The molecule has 0 unspecified atom stereocenters. The maximum atomic E-state index is 11.1. The van der Waals surface area contributed by atoms with Gasteiger partial charge < -0.3 is 5.11 Å². The molecule has 0 atom stereocenters. The molecule has 3 nitrogen and oxygen atoms in total. The van der Waals surface area contributed by atoms with Crippen LogP contribution in [0.25, 0.3) is 0 Å². The van der Waals surface area contributed by atoms with E-state index in [2.05, 4.69) is 43.3 Å². The van der Waals surface area contributed by atoms with Crippen molar-refractivity contribution in [3.8, 4) is 0 Å². The van der Waals surface area contributed by atoms with Crippen molar-refractivity contribution < 1.29 is 9.90 Å². The summed E-state index contributed by atoms with van der Waals surface area (Å²) in [5.74, 6) is -0.808. The van der Waals surface area contributed by atoms with Crippen molar-refractivity contribution in [2.45, 2.75) is 31.2 Å². The first-order valence-electron chi connectivity index (χ1n) is 6.52. The van der Waals surface area contributed by atoms with Gasteiger partial charge in [-0.3, -0.25) is 9.69 Å². The molecular weight excluding hydrogens is 262 g/mol. The smallest absolute Gasteiger partial charge is 0.306 e. The minimum absolute atomic E-state index is 0. The van der Waals surface area contributed by atoms with Crippen molar-refractivity contribution in [2.24, 2.45) is 5.92 Å². The van der Waals surface area contributed by atoms with E-state index < -0.39 is 5.97 Å². The maximum Gasteiger partial charge on any atom is 0.306 e. The molecule has 106 valence electrons. The van der Waals surface area contributed by atoms with E-state index in [9.17, 15) is 4.79 Å². The molecule has 0 bridgehead atoms. The summed E-state index contributed by atoms with van der Waals surface area (Å²) in [6.07, 6.45) is 3.37. The molecule has 0 heterocycles. The van der Waals surface area contributed by atoms with Gasteiger partial charge in [0, 0.05) is 5.54 Å². The molecule has 1 aromatic rings. The highest BCUT2D eigenvalue weighted by Gasteiger charge is 2.40. The predicted octanol–water partition coefficient (Wildman–Crippen LogP) is 3.14. The van der Waals surface area contributed by atoms with Crippen LogP contribution in [-0.2, 0) is 10.3 Å². The quantitative estimate of drug-likeness (QED) is 0.926. The van der Waals surface area contributed by atoms with Crippen LogP contribution in [-0.4, -0.2) is 30.1 Å². The summed E-state index contributed by atoms with van der Waals surface area (Å²) in [4.78, 5) is 13.3. The van der Waals surface area contributed by atoms with E-state index >= 15 is 0 Å². The number of carboxylic acids is 1. The summed E-state index contributed by atoms with van der Waals surface area (Å²) in [6, 6.07) is 10.5. The molecule has 2 rings (SSSR count). The Morgan fingerprint density at radius 1 is 1.21 bits per heavy atom. The van der Waals surface area contributed by atoms with Crippen LogP contribution in [0.2, 0.25) is 0 Å². The molecule has 4 heteroatoms. The summed E-state index contributed by atoms with van der Waals surface area (Å²) in [5, 5.41) is 9.10. The third kappa shape index (κ3) is 3.10. The van der Waals surface area contributed by atoms with E-state index in [1.807, 2.05) is 6.07 Å². The third-order valence-corrected chi connectivity index (χ3v) is 4.33. The Kier molecular flexibility index (Phi) is 5.39. The zero-order valence-electron chi connectivity index (χ0n) is 11.5. The van der Waals surface area contributed by atoms with Crippen molar-refractivity contribution in [1.29, 1.82) is 0 Å². The maximum absolute atomic E-state index is 11.1. The van der Waals surface area contributed by atoms with Gasteiger partial charge in [-0.1, -0.05) is 30.3 Å². The fraction of sp³-hybridized carbons (Fsp3) is 0.533. The van der Waals surface area contributed by atoms with E-state index in [1.54, 1.807) is 0 Å². The molecule has 0 aliphatic heterocycles. The second kappa shape index (κ2) is 6.40. The van der Waals surface area contributed by atoms with Gasteiger partial charge >= 0.3 is 5.97 Å². The fourth-order valence-electron chi connectivity index (χ4n) is 3.08. The van der Waals surface area contributed by atoms with Crippen LogP contribution >= 0.6 is 12.4 Å². The van der Waals surface area contributed by atoms with Crippen LogP contribution in [0.5, 0.6) is 0 Å². The van der Waals surface area contributed by atoms with E-state index in [4.69, 9.17) is 5.11 Å². The normalized spacial score (nSPS) is 26.8. The van der Waals surface area contributed by atoms with Crippen molar-refractivity contribution >= 4 is 18.4 Å². The first kappa shape index (κ1) is 16.0. The van der Waals surface area contributed by atoms with Gasteiger partial charge in [-0.25, -0.2) is 0 Å². The van der Waals surface area contributed by atoms with Crippen LogP contribution in [0.15, 0.2) is 30.3 Å². The Bertz CT molecular complexity index is 411. The largest absolute Gasteiger partial charge is 0.481 e. The zero-order valence-corrected chi connectivity index (χ0v) is 12.3. The molecule has 1 N–H and O–H groups in total. The number of halogens is 1. The molecule has 19 heavy (non-hydrogen) atoms. The predicted molar refractivity (Wildman–Crippen MR) is 78.6 cm³/mol. The van der Waals surface area contributed by atoms with Gasteiger partial charge in [-0.2, -0.15) is 0 Å². The molecule has 1 fully saturated rings. The van der Waals surface area contributed by atoms with Crippen molar-refractivity contribution in [2.75, 3.05) is 14.1 Å². The van der Waals surface area contributed by atoms with Gasteiger partial charge in [-0.15, -0.1) is 12.4 Å². The number of carbonyl (C=O) groups is 1. The summed E-state index contributed by atoms with van der Waals surface area (Å²) in [6.45, 7) is 0. The average molecular weight is 284 g/mol. The van der Waals surface area contributed by atoms with Crippen LogP contribution in [0.4, 0.5) is 0 Å². The third-order valence-electron chi connectivity index (χ3n) is 4.33. The monoisotopic (exact) mass is 283 g/mol. The first-order chi connectivity index (χ1) is 8.56. The number of aliphatic carboxylic acids is 1. The number of benzene rings is 1. The zero-order chi connectivity index (χ0) is 13.2. The molecule has 0 saturated heterocycles. The highest BCUT2D eigenvalue weighted by molar-refractivity contribution is 5.85. The molecule has 1 aliphatic carbocycles. The highest BCUT2D eigenvalue weighted by Crippen LogP contribution is 2.42. The van der Waals surface area contributed by atoms with E-state index in [0.29, 0.717) is 0 Å². The Balaban J connectivity index is 0.00000180. The molecule has 0 aromatic heterocycles. The number of rotatable bonds is 3. The van der Waals surface area contributed by atoms with Gasteiger partial charge in [-0.05, 0) is 45.3 Å². The second-order valence-corrected chi connectivity index (χ2v) is 5.40. The van der Waals surface area contributed by atoms with Gasteiger partial charge in [0.1, 0.15) is 0 Å². The van der Waals surface area contributed by atoms with Gasteiger partial charge in [0.2, 0.25) is 0 Å². The fourth-order valence-corrected chi connectivity index (χ4v) is 3.08. The summed E-state index contributed by atoms with van der Waals surface area (Å²) in [7, 11) is 4.18. The molecule has 0 amide bonds. The summed E-state index contributed by atoms with van der Waals surface area (Å²) >= 11 is 0. The van der Waals surface area contributed by atoms with Crippen LogP contribution in [0.3, 0.4) is 0 Å². The standard InChI is InChI=1S/C15H21NO2.ClH/c1-16(2)15(13-6-4-3-5-7-13)10-8-12(9-11-15)14(17)18;/h3-7,12H,8-11H2,1-2H3,(H,17,18);1H. The lowest BCUT2D eigenvalue weighted by Crippen LogP contribution is -2.45. The van der Waals surface area contributed by atoms with Crippen molar-refractivity contribution in [3.63, 3.8) is 0 Å². The lowest BCUT2D eigenvalue weighted by atomic mass is 9.72. The molecule has 1 aromatic carbocycles. The number of hydrogen-bond donors (Lipinski definition) is 1. The van der Waals surface area contributed by atoms with Crippen LogP contribution in [0.1, 0.15) is 31.2 Å². The van der Waals surface area contributed by atoms with Gasteiger partial charge in [0.25, 0.3) is 0 Å². The minimum Gasteiger partial charge on any atom is -0.481 e. The molecular formula is C15H22ClNO2. The van der Waals surface area contributed by atoms with Crippen LogP contribution in [0, 0.1) is 5.92 Å². The summed E-state index contributed by atoms with van der Waals surface area (Å²) in [5.41, 5.74) is 1.31. The van der Waals surface area contributed by atoms with Gasteiger partial charge in [0.15, 0.2) is 0 Å². The summed E-state index contributed by atoms with van der Waals surface area (Å²) < 4.78 is 0. The highest BCUT2D eigenvalue weighted by atomic mass is 35.5. The molecule has 0 radical (unpaired) electrons. The van der Waals surface area contributed by atoms with Crippen LogP contribution < -0.4 is 0 Å². The lowest BCUT2D eigenvalue weighted by Gasteiger charge is -2.45. The Labute approximate surface area is 121 Å². The Hall–Kier alpha value is -1.06. The van der Waals surface area contributed by atoms with Crippen molar-refractivity contribution in [3.05, 3.63) is 35.9 Å². The molecule has 0 spiro atoms. The van der Waals surface area contributed by atoms with Crippen molar-refractivity contribution in [1.82, 2.24) is 4.90 Å². The van der Waals surface area contributed by atoms with E-state index in [0.717, 1.165) is 25.7 Å². The van der Waals surface area contributed by atoms with E-state index in [1.165, 1.54) is 5.56 Å². The van der Waals surface area contributed by atoms with Gasteiger partial charge in [0.05, 0.1) is 5.92 Å². The minimum atomic E-state index is -0.643. The molecule has 1 aliphatic rings. The Morgan fingerprint density at radius 3 is 2.16 bits per heavy atom. The number of carboxylic acid groups (broad SMARTS) is 1. The lowest BCUT2D eigenvalue weighted by molar-refractivity contribution is -0.143. The molecule has 1 saturated carbocycles. The SMILES string of the molecule is CN(C)C1(c2ccccc2)CCC(C(=O)O)CC1.Cl. The number of nitrogens with zero attached hydrogens (tertiary/aromatic N) is 1. The Morgan fingerprint density at radius 2 is 1.74 bits per heavy atom. The van der Waals surface area contributed by atoms with E-state index in [-0.39, 0.29) is 23.9 Å². The second-order valence-electron chi connectivity index (χ2n) is 5.40. The number of hydrogen-bond acceptors (Lipinski definition) is 2. The first-order valence-corrected chi connectivity index (χ1v) is 6.52. The topological polar surface area (TPSA) is 40.5 Å². The average Bonchev–Trinajstić information content (AvgIpc) is 2.39.